The summed E-state index contributed by atoms with van der Waals surface area (Å²) in [6, 6.07) is 5.41. The van der Waals surface area contributed by atoms with Crippen LogP contribution in [0.1, 0.15) is 33.6 Å². The number of hydrogen-bond donors (Lipinski definition) is 4. The monoisotopic (exact) mass is 569 g/mol. The summed E-state index contributed by atoms with van der Waals surface area (Å²) in [6.07, 6.45) is 2.08. The number of benzene rings is 1. The van der Waals surface area contributed by atoms with E-state index in [1.54, 1.807) is 23.9 Å². The Hall–Kier alpha value is 0.1000. The predicted molar refractivity (Wildman–Crippen MR) is 146 cm³/mol. The Balaban J connectivity index is 0. The van der Waals surface area contributed by atoms with E-state index in [2.05, 4.69) is 17.2 Å². The van der Waals surface area contributed by atoms with E-state index in [0.717, 1.165) is 22.8 Å². The van der Waals surface area contributed by atoms with Crippen molar-refractivity contribution in [1.29, 1.82) is 5.41 Å². The molecule has 31 heavy (non-hydrogen) atoms. The fraction of sp³-hybridized carbons (Fsp3) is 0.529. The van der Waals surface area contributed by atoms with E-state index in [0.29, 0.717) is 29.8 Å². The van der Waals surface area contributed by atoms with Gasteiger partial charge in [0.2, 0.25) is 5.69 Å². The SMILES string of the molecule is CCCCN=C(N)NC(=N)N.CCOP(=S)(OCC)SCSc1cc(Cl)ccc1Cl.Cl. The lowest BCUT2D eigenvalue weighted by Crippen LogP contribution is -2.40. The summed E-state index contributed by atoms with van der Waals surface area (Å²) < 4.78 is 11.1. The molecule has 1 aromatic carbocycles. The third-order valence-electron chi connectivity index (χ3n) is 2.95. The van der Waals surface area contributed by atoms with Crippen molar-refractivity contribution in [3.63, 3.8) is 0 Å². The quantitative estimate of drug-likeness (QED) is 0.0631. The van der Waals surface area contributed by atoms with Gasteiger partial charge >= 0.3 is 0 Å². The fourth-order valence-corrected chi connectivity index (χ4v) is 9.24. The van der Waals surface area contributed by atoms with Crippen molar-refractivity contribution in [2.24, 2.45) is 16.5 Å². The number of hydrogen-bond acceptors (Lipinski definition) is 7. The van der Waals surface area contributed by atoms with Gasteiger partial charge in [-0.15, -0.1) is 24.2 Å². The molecule has 14 heteroatoms. The van der Waals surface area contributed by atoms with Crippen molar-refractivity contribution in [2.45, 2.75) is 38.5 Å². The highest BCUT2D eigenvalue weighted by Crippen LogP contribution is 2.62. The zero-order valence-electron chi connectivity index (χ0n) is 17.7. The van der Waals surface area contributed by atoms with Crippen LogP contribution < -0.4 is 16.8 Å². The van der Waals surface area contributed by atoms with Crippen LogP contribution in [0.3, 0.4) is 0 Å². The van der Waals surface area contributed by atoms with Crippen LogP contribution in [0.4, 0.5) is 0 Å². The highest BCUT2D eigenvalue weighted by Gasteiger charge is 2.19. The van der Waals surface area contributed by atoms with Crippen LogP contribution in [0.15, 0.2) is 28.1 Å². The van der Waals surface area contributed by atoms with Crippen molar-refractivity contribution in [2.75, 3.05) is 24.8 Å². The molecule has 0 fully saturated rings. The number of rotatable bonds is 11. The molecule has 7 nitrogen and oxygen atoms in total. The molecular formula is C17H31Cl3N5O2PS3. The Morgan fingerprint density at radius 2 is 1.84 bits per heavy atom. The smallest absolute Gasteiger partial charge is 0.248 e. The van der Waals surface area contributed by atoms with Crippen molar-refractivity contribution < 1.29 is 9.05 Å². The summed E-state index contributed by atoms with van der Waals surface area (Å²) in [5.74, 6) is 0.0358. The molecule has 1 aromatic rings. The number of unbranched alkanes of at least 4 members (excludes halogenated alkanes) is 1. The summed E-state index contributed by atoms with van der Waals surface area (Å²) in [5, 5.41) is 11.3. The van der Waals surface area contributed by atoms with Crippen molar-refractivity contribution in [3.8, 4) is 0 Å². The zero-order valence-corrected chi connectivity index (χ0v) is 23.4. The van der Waals surface area contributed by atoms with Crippen LogP contribution in [-0.2, 0) is 20.9 Å². The van der Waals surface area contributed by atoms with E-state index in [1.165, 1.54) is 11.4 Å². The molecule has 0 saturated heterocycles. The average Bonchev–Trinajstić information content (AvgIpc) is 2.65. The minimum atomic E-state index is -2.23. The second-order valence-corrected chi connectivity index (χ2v) is 13.9. The lowest BCUT2D eigenvalue weighted by atomic mass is 10.3. The van der Waals surface area contributed by atoms with Gasteiger partial charge in [0.1, 0.15) is 0 Å². The van der Waals surface area contributed by atoms with Gasteiger partial charge in [0.25, 0.3) is 0 Å². The lowest BCUT2D eigenvalue weighted by molar-refractivity contribution is 0.280. The molecule has 0 bridgehead atoms. The molecule has 1 rings (SSSR count). The number of nitrogens with zero attached hydrogens (tertiary/aromatic N) is 1. The van der Waals surface area contributed by atoms with Crippen LogP contribution >= 0.6 is 64.4 Å². The molecule has 0 aliphatic carbocycles. The number of nitrogens with two attached hydrogens (primary N) is 2. The molecule has 0 aromatic heterocycles. The van der Waals surface area contributed by atoms with Gasteiger partial charge in [-0.25, -0.2) is 0 Å². The molecule has 180 valence electrons. The van der Waals surface area contributed by atoms with Crippen molar-refractivity contribution in [1.82, 2.24) is 5.32 Å². The molecule has 0 unspecified atom stereocenters. The predicted octanol–water partition coefficient (Wildman–Crippen LogP) is 6.08. The van der Waals surface area contributed by atoms with Crippen LogP contribution in [-0.4, -0.2) is 36.8 Å². The number of halogens is 3. The molecule has 0 amide bonds. The Bertz CT molecular complexity index is 722. The maximum Gasteiger partial charge on any atom is 0.248 e. The number of thioether (sulfide) groups is 1. The van der Waals surface area contributed by atoms with E-state index in [9.17, 15) is 0 Å². The largest absolute Gasteiger partial charge is 0.370 e. The number of guanidine groups is 2. The van der Waals surface area contributed by atoms with Gasteiger partial charge in [0.05, 0.1) is 23.3 Å². The van der Waals surface area contributed by atoms with Gasteiger partial charge in [-0.3, -0.25) is 15.7 Å². The normalized spacial score (nSPS) is 11.2. The standard InChI is InChI=1S/C11H15Cl2O2PS3.C6H15N5.ClH/c1-3-14-16(17,15-4-2)19-8-18-11-7-9(12)5-6-10(11)13;1-2-3-4-10-6(9)11-5(7)8;/h5-7H,3-4,8H2,1-2H3;2-4H2,1H3,(H6,7,8,9,10,11);1H. The highest BCUT2D eigenvalue weighted by atomic mass is 35.5. The topological polar surface area (TPSA) is 119 Å². The van der Waals surface area contributed by atoms with Gasteiger partial charge in [-0.2, -0.15) is 0 Å². The molecule has 0 saturated carbocycles. The third kappa shape index (κ3) is 17.3. The Labute approximate surface area is 215 Å². The third-order valence-corrected chi connectivity index (χ3v) is 10.7. The Morgan fingerprint density at radius 3 is 2.35 bits per heavy atom. The second kappa shape index (κ2) is 19.6. The van der Waals surface area contributed by atoms with Crippen molar-refractivity contribution >= 4 is 88.2 Å². The molecule has 0 aliphatic rings. The molecule has 0 spiro atoms. The maximum absolute atomic E-state index is 6.81. The highest BCUT2D eigenvalue weighted by molar-refractivity contribution is 8.69. The number of nitrogens with one attached hydrogen (secondary N) is 2. The summed E-state index contributed by atoms with van der Waals surface area (Å²) >= 11 is 20.6. The van der Waals surface area contributed by atoms with Crippen LogP contribution in [0.2, 0.25) is 10.0 Å². The Kier molecular flexibility index (Phi) is 21.0. The van der Waals surface area contributed by atoms with Crippen LogP contribution in [0.25, 0.3) is 0 Å². The van der Waals surface area contributed by atoms with Gasteiger partial charge in [0, 0.05) is 16.5 Å². The molecule has 0 heterocycles. The maximum atomic E-state index is 6.81. The summed E-state index contributed by atoms with van der Waals surface area (Å²) in [6.45, 7) is 7.72. The fourth-order valence-electron chi connectivity index (χ4n) is 1.71. The van der Waals surface area contributed by atoms with E-state index >= 15 is 0 Å². The van der Waals surface area contributed by atoms with Gasteiger partial charge in [0.15, 0.2) is 11.9 Å². The number of aliphatic imine (C=N–C) groups is 1. The van der Waals surface area contributed by atoms with Gasteiger partial charge < -0.3 is 20.5 Å². The minimum absolute atomic E-state index is 0. The first-order chi connectivity index (χ1) is 14.2. The minimum Gasteiger partial charge on any atom is -0.370 e. The summed E-state index contributed by atoms with van der Waals surface area (Å²) in [4.78, 5) is 4.86. The summed E-state index contributed by atoms with van der Waals surface area (Å²) in [7, 11) is 0. The first kappa shape index (κ1) is 33.3. The van der Waals surface area contributed by atoms with E-state index in [4.69, 9.17) is 60.9 Å². The first-order valence-electron chi connectivity index (χ1n) is 9.19. The lowest BCUT2D eigenvalue weighted by Gasteiger charge is -2.19. The van der Waals surface area contributed by atoms with E-state index in [-0.39, 0.29) is 24.3 Å². The van der Waals surface area contributed by atoms with Gasteiger partial charge in [-0.05, 0) is 50.3 Å². The van der Waals surface area contributed by atoms with E-state index in [1.807, 2.05) is 19.9 Å². The molecule has 0 aliphatic heterocycles. The first-order valence-corrected chi connectivity index (χ1v) is 15.2. The zero-order chi connectivity index (χ0) is 23.0. The second-order valence-electron chi connectivity index (χ2n) is 5.41. The molecular weight excluding hydrogens is 540 g/mol. The molecule has 0 radical (unpaired) electrons. The molecule has 0 atom stereocenters. The van der Waals surface area contributed by atoms with Gasteiger partial charge in [-0.1, -0.05) is 47.9 Å². The van der Waals surface area contributed by atoms with Crippen LogP contribution in [0.5, 0.6) is 0 Å². The van der Waals surface area contributed by atoms with Crippen molar-refractivity contribution in [3.05, 3.63) is 28.2 Å². The van der Waals surface area contributed by atoms with E-state index < -0.39 is 5.69 Å². The summed E-state index contributed by atoms with van der Waals surface area (Å²) in [5.41, 5.74) is 8.11. The van der Waals surface area contributed by atoms with Crippen LogP contribution in [0, 0.1) is 5.41 Å². The Morgan fingerprint density at radius 1 is 1.23 bits per heavy atom. The molecule has 6 N–H and O–H groups in total. The average molecular weight is 571 g/mol.